The lowest BCUT2D eigenvalue weighted by Crippen LogP contribution is -2.10. The van der Waals surface area contributed by atoms with Gasteiger partial charge < -0.3 is 15.6 Å². The first kappa shape index (κ1) is 10.4. The van der Waals surface area contributed by atoms with Gasteiger partial charge in [0.25, 0.3) is 0 Å². The van der Waals surface area contributed by atoms with Crippen LogP contribution in [-0.2, 0) is 4.74 Å². The van der Waals surface area contributed by atoms with E-state index in [1.165, 1.54) is 13.3 Å². The maximum absolute atomic E-state index is 10.6. The van der Waals surface area contributed by atoms with E-state index in [-0.39, 0.29) is 17.5 Å². The molecule has 0 saturated heterocycles. The molecule has 0 aliphatic heterocycles. The minimum absolute atomic E-state index is 0.0496. The van der Waals surface area contributed by atoms with Crippen LogP contribution in [0.4, 0.5) is 5.82 Å². The summed E-state index contributed by atoms with van der Waals surface area (Å²) in [5.74, 6) is -0.819. The van der Waals surface area contributed by atoms with Gasteiger partial charge >= 0.3 is 5.97 Å². The molecule has 1 unspecified atom stereocenters. The van der Waals surface area contributed by atoms with Crippen LogP contribution in [0, 0.1) is 0 Å². The van der Waals surface area contributed by atoms with E-state index in [1.807, 2.05) is 0 Å². The van der Waals surface area contributed by atoms with Crippen LogP contribution >= 0.6 is 0 Å². The molecule has 1 aromatic rings. The number of methoxy groups -OCH3 is 1. The van der Waals surface area contributed by atoms with E-state index < -0.39 is 5.97 Å². The van der Waals surface area contributed by atoms with Crippen molar-refractivity contribution in [2.24, 2.45) is 0 Å². The Balaban J connectivity index is 3.06. The van der Waals surface area contributed by atoms with Gasteiger partial charge in [-0.25, -0.2) is 14.8 Å². The van der Waals surface area contributed by atoms with Crippen molar-refractivity contribution < 1.29 is 14.6 Å². The van der Waals surface area contributed by atoms with E-state index in [0.29, 0.717) is 5.82 Å². The third-order valence-electron chi connectivity index (χ3n) is 1.78. The first-order valence-electron chi connectivity index (χ1n) is 3.94. The molecule has 0 aromatic carbocycles. The molecule has 0 saturated carbocycles. The Bertz CT molecular complexity index is 354. The standard InChI is InChI=1S/C8H11N3O3/c1-4(14-2)7-10-3-5(8(12)13)6(9)11-7/h3-4H,1-2H3,(H,12,13)(H2,9,10,11). The zero-order chi connectivity index (χ0) is 10.7. The molecule has 1 atom stereocenters. The number of ether oxygens (including phenoxy) is 1. The highest BCUT2D eigenvalue weighted by atomic mass is 16.5. The van der Waals surface area contributed by atoms with Crippen LogP contribution in [0.25, 0.3) is 0 Å². The van der Waals surface area contributed by atoms with Gasteiger partial charge in [0.2, 0.25) is 0 Å². The molecule has 0 aliphatic rings. The summed E-state index contributed by atoms with van der Waals surface area (Å²) in [5.41, 5.74) is 5.33. The van der Waals surface area contributed by atoms with Crippen molar-refractivity contribution in [2.45, 2.75) is 13.0 Å². The molecule has 6 nitrogen and oxygen atoms in total. The lowest BCUT2D eigenvalue weighted by molar-refractivity contribution is 0.0696. The summed E-state index contributed by atoms with van der Waals surface area (Å²) in [4.78, 5) is 18.2. The largest absolute Gasteiger partial charge is 0.477 e. The Morgan fingerprint density at radius 3 is 2.79 bits per heavy atom. The first-order chi connectivity index (χ1) is 6.56. The van der Waals surface area contributed by atoms with E-state index in [0.717, 1.165) is 0 Å². The van der Waals surface area contributed by atoms with Crippen LogP contribution in [0.1, 0.15) is 29.2 Å². The smallest absolute Gasteiger partial charge is 0.341 e. The Morgan fingerprint density at radius 2 is 2.36 bits per heavy atom. The van der Waals surface area contributed by atoms with Crippen molar-refractivity contribution in [2.75, 3.05) is 12.8 Å². The third kappa shape index (κ3) is 1.97. The molecule has 1 rings (SSSR count). The second-order valence-electron chi connectivity index (χ2n) is 2.71. The van der Waals surface area contributed by atoms with Gasteiger partial charge in [0.1, 0.15) is 17.5 Å². The van der Waals surface area contributed by atoms with Crippen molar-refractivity contribution in [1.29, 1.82) is 0 Å². The van der Waals surface area contributed by atoms with E-state index >= 15 is 0 Å². The first-order valence-corrected chi connectivity index (χ1v) is 3.94. The number of carbonyl (C=O) groups is 1. The van der Waals surface area contributed by atoms with Gasteiger partial charge in [-0.05, 0) is 6.92 Å². The topological polar surface area (TPSA) is 98.3 Å². The van der Waals surface area contributed by atoms with Crippen LogP contribution in [0.2, 0.25) is 0 Å². The van der Waals surface area contributed by atoms with E-state index in [2.05, 4.69) is 9.97 Å². The monoisotopic (exact) mass is 197 g/mol. The molecule has 0 radical (unpaired) electrons. The summed E-state index contributed by atoms with van der Waals surface area (Å²) in [6.45, 7) is 1.75. The van der Waals surface area contributed by atoms with Gasteiger partial charge in [0, 0.05) is 13.3 Å². The summed E-state index contributed by atoms with van der Waals surface area (Å²) >= 11 is 0. The van der Waals surface area contributed by atoms with Crippen molar-refractivity contribution in [3.8, 4) is 0 Å². The maximum atomic E-state index is 10.6. The molecule has 14 heavy (non-hydrogen) atoms. The van der Waals surface area contributed by atoms with Crippen LogP contribution in [0.3, 0.4) is 0 Å². The fourth-order valence-corrected chi connectivity index (χ4v) is 0.875. The van der Waals surface area contributed by atoms with E-state index in [9.17, 15) is 4.79 Å². The molecule has 76 valence electrons. The van der Waals surface area contributed by atoms with Crippen LogP contribution in [0.15, 0.2) is 6.20 Å². The minimum Gasteiger partial charge on any atom is -0.477 e. The lowest BCUT2D eigenvalue weighted by Gasteiger charge is -2.08. The number of hydrogen-bond acceptors (Lipinski definition) is 5. The number of hydrogen-bond donors (Lipinski definition) is 2. The van der Waals surface area contributed by atoms with Crippen LogP contribution < -0.4 is 5.73 Å². The highest BCUT2D eigenvalue weighted by Gasteiger charge is 2.13. The van der Waals surface area contributed by atoms with Gasteiger partial charge in [-0.15, -0.1) is 0 Å². The maximum Gasteiger partial charge on any atom is 0.341 e. The van der Waals surface area contributed by atoms with Gasteiger partial charge in [-0.1, -0.05) is 0 Å². The van der Waals surface area contributed by atoms with Gasteiger partial charge in [-0.3, -0.25) is 0 Å². The third-order valence-corrected chi connectivity index (χ3v) is 1.78. The predicted molar refractivity (Wildman–Crippen MR) is 48.8 cm³/mol. The Morgan fingerprint density at radius 1 is 1.71 bits per heavy atom. The highest BCUT2D eigenvalue weighted by molar-refractivity contribution is 5.92. The normalized spacial score (nSPS) is 12.4. The van der Waals surface area contributed by atoms with Crippen molar-refractivity contribution in [3.63, 3.8) is 0 Å². The average molecular weight is 197 g/mol. The zero-order valence-electron chi connectivity index (χ0n) is 7.89. The van der Waals surface area contributed by atoms with Crippen LogP contribution in [0.5, 0.6) is 0 Å². The van der Waals surface area contributed by atoms with E-state index in [1.54, 1.807) is 6.92 Å². The summed E-state index contributed by atoms with van der Waals surface area (Å²) in [6, 6.07) is 0. The number of nitrogen functional groups attached to an aromatic ring is 1. The minimum atomic E-state index is -1.14. The molecule has 0 amide bonds. The van der Waals surface area contributed by atoms with Crippen molar-refractivity contribution in [3.05, 3.63) is 17.6 Å². The summed E-state index contributed by atoms with van der Waals surface area (Å²) in [7, 11) is 1.51. The number of aromatic carboxylic acids is 1. The van der Waals surface area contributed by atoms with Gasteiger partial charge in [0.05, 0.1) is 0 Å². The number of aromatic nitrogens is 2. The van der Waals surface area contributed by atoms with Gasteiger partial charge in [-0.2, -0.15) is 0 Å². The fraction of sp³-hybridized carbons (Fsp3) is 0.375. The molecule has 6 heteroatoms. The molecule has 3 N–H and O–H groups in total. The fourth-order valence-electron chi connectivity index (χ4n) is 0.875. The number of anilines is 1. The Kier molecular flexibility index (Phi) is 2.98. The highest BCUT2D eigenvalue weighted by Crippen LogP contribution is 2.14. The number of nitrogens with zero attached hydrogens (tertiary/aromatic N) is 2. The Hall–Kier alpha value is -1.69. The molecule has 1 aromatic heterocycles. The molecule has 0 bridgehead atoms. The van der Waals surface area contributed by atoms with E-state index in [4.69, 9.17) is 15.6 Å². The zero-order valence-corrected chi connectivity index (χ0v) is 7.89. The quantitative estimate of drug-likeness (QED) is 0.730. The number of carboxylic acids is 1. The lowest BCUT2D eigenvalue weighted by atomic mass is 10.3. The van der Waals surface area contributed by atoms with Crippen molar-refractivity contribution in [1.82, 2.24) is 9.97 Å². The number of rotatable bonds is 3. The molecule has 0 spiro atoms. The number of carboxylic acid groups (broad SMARTS) is 1. The summed E-state index contributed by atoms with van der Waals surface area (Å²) < 4.78 is 4.96. The molecular weight excluding hydrogens is 186 g/mol. The summed E-state index contributed by atoms with van der Waals surface area (Å²) in [6.07, 6.45) is 0.871. The summed E-state index contributed by atoms with van der Waals surface area (Å²) in [5, 5.41) is 8.66. The molecule has 0 aliphatic carbocycles. The SMILES string of the molecule is COC(C)c1ncc(C(=O)O)c(N)n1. The molecular formula is C8H11N3O3. The van der Waals surface area contributed by atoms with Gasteiger partial charge in [0.15, 0.2) is 5.82 Å². The second-order valence-corrected chi connectivity index (χ2v) is 2.71. The average Bonchev–Trinajstić information content (AvgIpc) is 2.15. The second kappa shape index (κ2) is 4.01. The molecule has 1 heterocycles. The predicted octanol–water partition coefficient (Wildman–Crippen LogP) is 0.464. The van der Waals surface area contributed by atoms with Crippen molar-refractivity contribution >= 4 is 11.8 Å². The molecule has 0 fully saturated rings. The Labute approximate surface area is 80.7 Å². The number of nitrogens with two attached hydrogens (primary N) is 1. The van der Waals surface area contributed by atoms with Crippen LogP contribution in [-0.4, -0.2) is 28.2 Å².